The highest BCUT2D eigenvalue weighted by Gasteiger charge is 2.24. The Bertz CT molecular complexity index is 897. The van der Waals surface area contributed by atoms with Crippen LogP contribution in [0.15, 0.2) is 53.4 Å². The molecule has 0 unspecified atom stereocenters. The molecule has 6 heteroatoms. The number of rotatable bonds is 8. The van der Waals surface area contributed by atoms with E-state index in [1.807, 2.05) is 18.2 Å². The van der Waals surface area contributed by atoms with Gasteiger partial charge in [0.25, 0.3) is 10.0 Å². The second-order valence-electron chi connectivity index (χ2n) is 7.83. The van der Waals surface area contributed by atoms with Crippen LogP contribution in [0.4, 0.5) is 5.69 Å². The van der Waals surface area contributed by atoms with E-state index in [1.54, 1.807) is 26.8 Å². The van der Waals surface area contributed by atoms with Crippen LogP contribution < -0.4 is 9.46 Å². The Kier molecular flexibility index (Phi) is 7.24. The number of hydrogen-bond acceptors (Lipinski definition) is 4. The summed E-state index contributed by atoms with van der Waals surface area (Å²) >= 11 is 0. The molecular weight excluding hydrogens is 374 g/mol. The standard InChI is InChI=1S/C22H29NO4S/c1-5-6-7-10-17-11-8-9-12-20(17)23-28(25,26)19-15-13-18(14-16-19)27-21(24)22(2,3)4/h8-9,11-16,23H,5-7,10H2,1-4H3. The highest BCUT2D eigenvalue weighted by Crippen LogP contribution is 2.24. The highest BCUT2D eigenvalue weighted by atomic mass is 32.2. The van der Waals surface area contributed by atoms with Crippen molar-refractivity contribution in [2.45, 2.75) is 58.3 Å². The first-order valence-corrected chi connectivity index (χ1v) is 11.0. The summed E-state index contributed by atoms with van der Waals surface area (Å²) in [7, 11) is -3.73. The third-order valence-corrected chi connectivity index (χ3v) is 5.65. The predicted molar refractivity (Wildman–Crippen MR) is 112 cm³/mol. The maximum absolute atomic E-state index is 12.8. The SMILES string of the molecule is CCCCCc1ccccc1NS(=O)(=O)c1ccc(OC(=O)C(C)(C)C)cc1. The number of carbonyl (C=O) groups excluding carboxylic acids is 1. The molecule has 0 saturated heterocycles. The maximum atomic E-state index is 12.8. The molecule has 0 aliphatic carbocycles. The third kappa shape index (κ3) is 6.09. The first-order chi connectivity index (χ1) is 13.1. The Morgan fingerprint density at radius 2 is 1.64 bits per heavy atom. The van der Waals surface area contributed by atoms with Crippen molar-refractivity contribution in [3.63, 3.8) is 0 Å². The van der Waals surface area contributed by atoms with E-state index in [4.69, 9.17) is 4.74 Å². The average Bonchev–Trinajstić information content (AvgIpc) is 2.63. The molecule has 0 saturated carbocycles. The van der Waals surface area contributed by atoms with Crippen LogP contribution in [0.2, 0.25) is 0 Å². The van der Waals surface area contributed by atoms with Crippen LogP contribution in [-0.4, -0.2) is 14.4 Å². The molecule has 1 N–H and O–H groups in total. The Morgan fingerprint density at radius 1 is 1.00 bits per heavy atom. The molecule has 0 heterocycles. The number of nitrogens with one attached hydrogen (secondary N) is 1. The van der Waals surface area contributed by atoms with Gasteiger partial charge in [-0.15, -0.1) is 0 Å². The van der Waals surface area contributed by atoms with E-state index >= 15 is 0 Å². The lowest BCUT2D eigenvalue weighted by atomic mass is 9.97. The van der Waals surface area contributed by atoms with Gasteiger partial charge in [0.15, 0.2) is 0 Å². The largest absolute Gasteiger partial charge is 0.426 e. The Balaban J connectivity index is 2.14. The first-order valence-electron chi connectivity index (χ1n) is 9.56. The number of benzene rings is 2. The normalized spacial score (nSPS) is 11.9. The van der Waals surface area contributed by atoms with Gasteiger partial charge in [0.05, 0.1) is 16.0 Å². The second-order valence-corrected chi connectivity index (χ2v) is 9.51. The number of esters is 1. The monoisotopic (exact) mass is 403 g/mol. The predicted octanol–water partition coefficient (Wildman–Crippen LogP) is 5.17. The number of sulfonamides is 1. The zero-order chi connectivity index (χ0) is 20.8. The Morgan fingerprint density at radius 3 is 2.25 bits per heavy atom. The summed E-state index contributed by atoms with van der Waals surface area (Å²) < 4.78 is 33.5. The van der Waals surface area contributed by atoms with E-state index in [0.717, 1.165) is 31.2 Å². The Labute approximate surface area is 168 Å². The van der Waals surface area contributed by atoms with E-state index in [9.17, 15) is 13.2 Å². The van der Waals surface area contributed by atoms with Crippen molar-refractivity contribution in [3.8, 4) is 5.75 Å². The molecule has 0 radical (unpaired) electrons. The highest BCUT2D eigenvalue weighted by molar-refractivity contribution is 7.92. The second kappa shape index (κ2) is 9.24. The smallest absolute Gasteiger partial charge is 0.316 e. The van der Waals surface area contributed by atoms with Gasteiger partial charge < -0.3 is 4.74 Å². The number of ether oxygens (including phenoxy) is 1. The van der Waals surface area contributed by atoms with Gasteiger partial charge in [0, 0.05) is 0 Å². The molecule has 0 aromatic heterocycles. The molecule has 152 valence electrons. The van der Waals surface area contributed by atoms with Crippen LogP contribution in [0.1, 0.15) is 52.5 Å². The molecule has 0 aliphatic rings. The number of para-hydroxylation sites is 1. The van der Waals surface area contributed by atoms with Crippen molar-refractivity contribution >= 4 is 21.7 Å². The van der Waals surface area contributed by atoms with Gasteiger partial charge in [0.2, 0.25) is 0 Å². The summed E-state index contributed by atoms with van der Waals surface area (Å²) in [6.45, 7) is 7.42. The minimum Gasteiger partial charge on any atom is -0.426 e. The third-order valence-electron chi connectivity index (χ3n) is 4.27. The quantitative estimate of drug-likeness (QED) is 0.375. The fraction of sp³-hybridized carbons (Fsp3) is 0.409. The number of aryl methyl sites for hydroxylation is 1. The molecule has 2 rings (SSSR count). The van der Waals surface area contributed by atoms with Crippen LogP contribution in [-0.2, 0) is 21.2 Å². The summed E-state index contributed by atoms with van der Waals surface area (Å²) in [6.07, 6.45) is 4.06. The van der Waals surface area contributed by atoms with Crippen LogP contribution in [0.3, 0.4) is 0 Å². The van der Waals surface area contributed by atoms with Gasteiger partial charge >= 0.3 is 5.97 Å². The molecule has 28 heavy (non-hydrogen) atoms. The van der Waals surface area contributed by atoms with Crippen LogP contribution >= 0.6 is 0 Å². The molecule has 0 bridgehead atoms. The van der Waals surface area contributed by atoms with E-state index in [-0.39, 0.29) is 10.9 Å². The van der Waals surface area contributed by atoms with Gasteiger partial charge in [-0.2, -0.15) is 0 Å². The van der Waals surface area contributed by atoms with Crippen molar-refractivity contribution in [3.05, 3.63) is 54.1 Å². The number of hydrogen-bond donors (Lipinski definition) is 1. The number of unbranched alkanes of at least 4 members (excludes halogenated alkanes) is 2. The zero-order valence-electron chi connectivity index (χ0n) is 17.0. The minimum absolute atomic E-state index is 0.117. The zero-order valence-corrected chi connectivity index (χ0v) is 17.8. The molecule has 0 aliphatic heterocycles. The van der Waals surface area contributed by atoms with Gasteiger partial charge in [-0.05, 0) is 69.5 Å². The van der Waals surface area contributed by atoms with Crippen molar-refractivity contribution in [1.29, 1.82) is 0 Å². The minimum atomic E-state index is -3.73. The number of carbonyl (C=O) groups is 1. The van der Waals surface area contributed by atoms with E-state index in [0.29, 0.717) is 11.4 Å². The summed E-state index contributed by atoms with van der Waals surface area (Å²) in [5.74, 6) is -0.0546. The number of anilines is 1. The lowest BCUT2D eigenvalue weighted by molar-refractivity contribution is -0.143. The lowest BCUT2D eigenvalue weighted by Gasteiger charge is -2.16. The molecule has 0 atom stereocenters. The molecule has 0 spiro atoms. The van der Waals surface area contributed by atoms with Crippen molar-refractivity contribution < 1.29 is 17.9 Å². The summed E-state index contributed by atoms with van der Waals surface area (Å²) in [5.41, 5.74) is 0.949. The molecular formula is C22H29NO4S. The fourth-order valence-corrected chi connectivity index (χ4v) is 3.65. The van der Waals surface area contributed by atoms with Crippen molar-refractivity contribution in [2.75, 3.05) is 4.72 Å². The van der Waals surface area contributed by atoms with Crippen molar-refractivity contribution in [1.82, 2.24) is 0 Å². The average molecular weight is 404 g/mol. The van der Waals surface area contributed by atoms with E-state index in [2.05, 4.69) is 11.6 Å². The molecule has 0 fully saturated rings. The van der Waals surface area contributed by atoms with Crippen LogP contribution in [0, 0.1) is 5.41 Å². The van der Waals surface area contributed by atoms with E-state index in [1.165, 1.54) is 24.3 Å². The van der Waals surface area contributed by atoms with Gasteiger partial charge in [0.1, 0.15) is 5.75 Å². The molecule has 2 aromatic rings. The van der Waals surface area contributed by atoms with Crippen molar-refractivity contribution in [2.24, 2.45) is 5.41 Å². The first kappa shape index (κ1) is 22.0. The van der Waals surface area contributed by atoms with Crippen LogP contribution in [0.25, 0.3) is 0 Å². The molecule has 5 nitrogen and oxygen atoms in total. The van der Waals surface area contributed by atoms with Gasteiger partial charge in [-0.3, -0.25) is 9.52 Å². The van der Waals surface area contributed by atoms with Gasteiger partial charge in [-0.25, -0.2) is 8.42 Å². The van der Waals surface area contributed by atoms with Gasteiger partial charge in [-0.1, -0.05) is 38.0 Å². The topological polar surface area (TPSA) is 72.5 Å². The summed E-state index contributed by atoms with van der Waals surface area (Å²) in [6, 6.07) is 13.3. The lowest BCUT2D eigenvalue weighted by Crippen LogP contribution is -2.25. The molecule has 0 amide bonds. The maximum Gasteiger partial charge on any atom is 0.316 e. The summed E-state index contributed by atoms with van der Waals surface area (Å²) in [4.78, 5) is 12.1. The summed E-state index contributed by atoms with van der Waals surface area (Å²) in [5, 5.41) is 0. The fourth-order valence-electron chi connectivity index (χ4n) is 2.55. The Hall–Kier alpha value is -2.34. The van der Waals surface area contributed by atoms with E-state index < -0.39 is 15.4 Å². The van der Waals surface area contributed by atoms with Crippen LogP contribution in [0.5, 0.6) is 5.75 Å². The molecule has 2 aromatic carbocycles.